The van der Waals surface area contributed by atoms with E-state index in [0.717, 1.165) is 46.2 Å². The standard InChI is InChI=1S/C55H42N4/c1-39-17-16-28-54-55(39)50-38-47(34-36-53(50)59(54)43-24-12-5-13-25-43)57(41-20-8-3-9-21-41)45-31-29-44(30-32-45)56(40-18-6-2-7-19-40)46-33-35-52-49(37-46)48-26-14-15-27-51(48)58(52)42-22-10-4-11-23-42/h2-16,18-39H,17H2,1H3. The first-order valence-electron chi connectivity index (χ1n) is 20.5. The van der Waals surface area contributed by atoms with Crippen molar-refractivity contribution >= 4 is 72.9 Å². The zero-order valence-corrected chi connectivity index (χ0v) is 32.9. The van der Waals surface area contributed by atoms with Crippen LogP contribution in [0.15, 0.2) is 212 Å². The molecule has 0 radical (unpaired) electrons. The van der Waals surface area contributed by atoms with Crippen LogP contribution < -0.4 is 9.80 Å². The molecule has 0 bridgehead atoms. The third kappa shape index (κ3) is 5.92. The summed E-state index contributed by atoms with van der Waals surface area (Å²) in [6, 6.07) is 74.5. The van der Waals surface area contributed by atoms with Gasteiger partial charge in [-0.05, 0) is 139 Å². The summed E-state index contributed by atoms with van der Waals surface area (Å²) in [7, 11) is 0. The average molecular weight is 759 g/mol. The molecule has 1 unspecified atom stereocenters. The number of allylic oxidation sites excluding steroid dienone is 1. The summed E-state index contributed by atoms with van der Waals surface area (Å²) in [5.74, 6) is 0.417. The van der Waals surface area contributed by atoms with Gasteiger partial charge in [-0.3, -0.25) is 0 Å². The molecule has 1 aliphatic carbocycles. The molecule has 4 heteroatoms. The van der Waals surface area contributed by atoms with E-state index in [4.69, 9.17) is 0 Å². The lowest BCUT2D eigenvalue weighted by molar-refractivity contribution is 0.773. The van der Waals surface area contributed by atoms with Crippen LogP contribution in [-0.4, -0.2) is 9.13 Å². The van der Waals surface area contributed by atoms with Gasteiger partial charge in [0.15, 0.2) is 0 Å². The number of anilines is 6. The van der Waals surface area contributed by atoms with Crippen molar-refractivity contribution < 1.29 is 0 Å². The molecular weight excluding hydrogens is 717 g/mol. The lowest BCUT2D eigenvalue weighted by atomic mass is 9.90. The average Bonchev–Trinajstić information content (AvgIpc) is 3.81. The summed E-state index contributed by atoms with van der Waals surface area (Å²) in [5.41, 5.74) is 15.3. The molecule has 0 spiro atoms. The van der Waals surface area contributed by atoms with Crippen molar-refractivity contribution in [3.8, 4) is 11.4 Å². The first kappa shape index (κ1) is 34.7. The monoisotopic (exact) mass is 758 g/mol. The molecule has 4 nitrogen and oxygen atoms in total. The molecule has 0 saturated carbocycles. The van der Waals surface area contributed by atoms with Crippen LogP contribution in [0.1, 0.15) is 30.5 Å². The van der Waals surface area contributed by atoms with E-state index >= 15 is 0 Å². The topological polar surface area (TPSA) is 16.3 Å². The smallest absolute Gasteiger partial charge is 0.0542 e. The van der Waals surface area contributed by atoms with E-state index in [1.165, 1.54) is 49.7 Å². The lowest BCUT2D eigenvalue weighted by Gasteiger charge is -2.28. The van der Waals surface area contributed by atoms with E-state index in [0.29, 0.717) is 5.92 Å². The molecule has 0 N–H and O–H groups in total. The van der Waals surface area contributed by atoms with Crippen LogP contribution in [0.25, 0.3) is 50.2 Å². The van der Waals surface area contributed by atoms with E-state index in [2.05, 4.69) is 244 Å². The van der Waals surface area contributed by atoms with Crippen LogP contribution in [0.5, 0.6) is 0 Å². The molecule has 10 aromatic rings. The third-order valence-electron chi connectivity index (χ3n) is 11.9. The number of rotatable bonds is 8. The number of benzene rings is 8. The first-order chi connectivity index (χ1) is 29.2. The second-order valence-electron chi connectivity index (χ2n) is 15.5. The minimum Gasteiger partial charge on any atom is -0.310 e. The Hall–Kier alpha value is -7.56. The van der Waals surface area contributed by atoms with Gasteiger partial charge in [0.25, 0.3) is 0 Å². The number of fused-ring (bicyclic) bond motifs is 6. The maximum Gasteiger partial charge on any atom is 0.0542 e. The molecule has 1 aliphatic rings. The Balaban J connectivity index is 1.04. The molecule has 2 aromatic heterocycles. The Labute approximate surface area is 344 Å². The van der Waals surface area contributed by atoms with Crippen LogP contribution in [0, 0.1) is 0 Å². The van der Waals surface area contributed by atoms with E-state index in [9.17, 15) is 0 Å². The number of hydrogen-bond donors (Lipinski definition) is 0. The third-order valence-corrected chi connectivity index (χ3v) is 11.9. The van der Waals surface area contributed by atoms with Crippen LogP contribution in [0.4, 0.5) is 34.1 Å². The van der Waals surface area contributed by atoms with Gasteiger partial charge in [0.2, 0.25) is 0 Å². The normalized spacial score (nSPS) is 13.5. The molecule has 0 amide bonds. The SMILES string of the molecule is CC1CC=Cc2c1c1cc(N(c3ccccc3)c3ccc(N(c4ccccc4)c4ccc5c(c4)c4ccccc4n5-c4ccccc4)cc3)ccc1n2-c1ccccc1. The Morgan fingerprint density at radius 2 is 0.814 bits per heavy atom. The number of para-hydroxylation sites is 5. The van der Waals surface area contributed by atoms with Crippen LogP contribution >= 0.6 is 0 Å². The summed E-state index contributed by atoms with van der Waals surface area (Å²) in [5, 5.41) is 3.76. The molecule has 0 saturated heterocycles. The van der Waals surface area contributed by atoms with Gasteiger partial charge in [-0.15, -0.1) is 0 Å². The van der Waals surface area contributed by atoms with Crippen LogP contribution in [-0.2, 0) is 0 Å². The molecule has 8 aromatic carbocycles. The fourth-order valence-electron chi connectivity index (χ4n) is 9.26. The van der Waals surface area contributed by atoms with E-state index in [1.807, 2.05) is 0 Å². The molecule has 0 aliphatic heterocycles. The van der Waals surface area contributed by atoms with Crippen molar-refractivity contribution in [2.45, 2.75) is 19.3 Å². The molecule has 1 atom stereocenters. The molecule has 59 heavy (non-hydrogen) atoms. The van der Waals surface area contributed by atoms with Crippen molar-refractivity contribution in [3.63, 3.8) is 0 Å². The second-order valence-corrected chi connectivity index (χ2v) is 15.5. The molecule has 2 heterocycles. The molecule has 11 rings (SSSR count). The van der Waals surface area contributed by atoms with Gasteiger partial charge in [-0.25, -0.2) is 0 Å². The van der Waals surface area contributed by atoms with Gasteiger partial charge in [0.05, 0.1) is 16.6 Å². The fourth-order valence-corrected chi connectivity index (χ4v) is 9.26. The van der Waals surface area contributed by atoms with Gasteiger partial charge in [-0.2, -0.15) is 0 Å². The summed E-state index contributed by atoms with van der Waals surface area (Å²) in [6.45, 7) is 2.36. The highest BCUT2D eigenvalue weighted by molar-refractivity contribution is 6.10. The zero-order chi connectivity index (χ0) is 39.3. The molecular formula is C55H42N4. The van der Waals surface area contributed by atoms with Gasteiger partial charge in [-0.1, -0.05) is 104 Å². The van der Waals surface area contributed by atoms with Crippen molar-refractivity contribution in [2.75, 3.05) is 9.80 Å². The van der Waals surface area contributed by atoms with Gasteiger partial charge < -0.3 is 18.9 Å². The molecule has 0 fully saturated rings. The van der Waals surface area contributed by atoms with Gasteiger partial charge in [0, 0.05) is 67.4 Å². The van der Waals surface area contributed by atoms with Crippen LogP contribution in [0.3, 0.4) is 0 Å². The predicted octanol–water partition coefficient (Wildman–Crippen LogP) is 15.2. The van der Waals surface area contributed by atoms with Crippen molar-refractivity contribution in [1.82, 2.24) is 9.13 Å². The Kier molecular flexibility index (Phi) is 8.48. The van der Waals surface area contributed by atoms with E-state index in [1.54, 1.807) is 0 Å². The summed E-state index contributed by atoms with van der Waals surface area (Å²) in [4.78, 5) is 4.75. The number of aromatic nitrogens is 2. The Morgan fingerprint density at radius 3 is 1.39 bits per heavy atom. The largest absolute Gasteiger partial charge is 0.310 e. The van der Waals surface area contributed by atoms with Crippen LogP contribution in [0.2, 0.25) is 0 Å². The van der Waals surface area contributed by atoms with Crippen molar-refractivity contribution in [2.24, 2.45) is 0 Å². The van der Waals surface area contributed by atoms with Gasteiger partial charge in [0.1, 0.15) is 0 Å². The fraction of sp³-hybridized carbons (Fsp3) is 0.0545. The minimum absolute atomic E-state index is 0.417. The zero-order valence-electron chi connectivity index (χ0n) is 32.9. The molecule has 282 valence electrons. The predicted molar refractivity (Wildman–Crippen MR) is 249 cm³/mol. The minimum atomic E-state index is 0.417. The Morgan fingerprint density at radius 1 is 0.390 bits per heavy atom. The number of nitrogens with zero attached hydrogens (tertiary/aromatic N) is 4. The second kappa shape index (κ2) is 14.4. The highest BCUT2D eigenvalue weighted by atomic mass is 15.2. The van der Waals surface area contributed by atoms with Crippen molar-refractivity contribution in [3.05, 3.63) is 224 Å². The van der Waals surface area contributed by atoms with E-state index in [-0.39, 0.29) is 0 Å². The number of hydrogen-bond acceptors (Lipinski definition) is 2. The Bertz CT molecular complexity index is 3130. The quantitative estimate of drug-likeness (QED) is 0.153. The first-order valence-corrected chi connectivity index (χ1v) is 20.5. The summed E-state index contributed by atoms with van der Waals surface area (Å²) in [6.07, 6.45) is 5.67. The lowest BCUT2D eigenvalue weighted by Crippen LogP contribution is -2.12. The highest BCUT2D eigenvalue weighted by Gasteiger charge is 2.25. The maximum atomic E-state index is 2.43. The summed E-state index contributed by atoms with van der Waals surface area (Å²) < 4.78 is 4.80. The maximum absolute atomic E-state index is 2.43. The van der Waals surface area contributed by atoms with Crippen molar-refractivity contribution in [1.29, 1.82) is 0 Å². The van der Waals surface area contributed by atoms with Gasteiger partial charge >= 0.3 is 0 Å². The van der Waals surface area contributed by atoms with E-state index < -0.39 is 0 Å². The highest BCUT2D eigenvalue weighted by Crippen LogP contribution is 2.45. The summed E-state index contributed by atoms with van der Waals surface area (Å²) >= 11 is 0.